The molecule has 0 unspecified atom stereocenters. The lowest BCUT2D eigenvalue weighted by atomic mass is 10.1. The van der Waals surface area contributed by atoms with E-state index in [9.17, 15) is 18.0 Å². The van der Waals surface area contributed by atoms with E-state index in [1.807, 2.05) is 24.3 Å². The molecular weight excluding hydrogens is 369 g/mol. The van der Waals surface area contributed by atoms with Crippen LogP contribution in [-0.2, 0) is 23.9 Å². The minimum atomic E-state index is -4.46. The predicted molar refractivity (Wildman–Crippen MR) is 98.4 cm³/mol. The van der Waals surface area contributed by atoms with Gasteiger partial charge in [-0.2, -0.15) is 23.5 Å². The molecule has 28 heavy (non-hydrogen) atoms. The third kappa shape index (κ3) is 4.38. The first-order valence-corrected chi connectivity index (χ1v) is 8.31. The monoisotopic (exact) mass is 384 g/mol. The van der Waals surface area contributed by atoms with Crippen molar-refractivity contribution in [2.24, 2.45) is 5.10 Å². The van der Waals surface area contributed by atoms with Crippen LogP contribution in [0, 0.1) is 11.3 Å². The lowest BCUT2D eigenvalue weighted by molar-refractivity contribution is -0.137. The Kier molecular flexibility index (Phi) is 5.45. The number of hydrazone groups is 1. The molecular formula is C20H15F3N4O. The Balaban J connectivity index is 1.69. The molecule has 1 heterocycles. The van der Waals surface area contributed by atoms with Crippen molar-refractivity contribution in [3.63, 3.8) is 0 Å². The van der Waals surface area contributed by atoms with Gasteiger partial charge in [0.25, 0.3) is 0 Å². The summed E-state index contributed by atoms with van der Waals surface area (Å²) in [4.78, 5) is 12.0. The van der Waals surface area contributed by atoms with Crippen LogP contribution in [-0.4, -0.2) is 16.7 Å². The summed E-state index contributed by atoms with van der Waals surface area (Å²) in [6, 6.07) is 14.1. The van der Waals surface area contributed by atoms with Gasteiger partial charge in [0, 0.05) is 22.7 Å². The predicted octanol–water partition coefficient (Wildman–Crippen LogP) is 3.88. The molecule has 0 bridgehead atoms. The van der Waals surface area contributed by atoms with E-state index in [-0.39, 0.29) is 18.5 Å². The van der Waals surface area contributed by atoms with Gasteiger partial charge in [-0.25, -0.2) is 5.43 Å². The SMILES string of the molecule is N#CCn1cc(/C=N/NC(=O)Cc2cccc(C(F)(F)F)c2)c2ccccc21. The summed E-state index contributed by atoms with van der Waals surface area (Å²) < 4.78 is 40.0. The number of carbonyl (C=O) groups is 1. The molecule has 8 heteroatoms. The van der Waals surface area contributed by atoms with Gasteiger partial charge in [0.2, 0.25) is 5.91 Å². The van der Waals surface area contributed by atoms with Gasteiger partial charge in [0.1, 0.15) is 6.54 Å². The molecule has 2 aromatic carbocycles. The van der Waals surface area contributed by atoms with E-state index in [2.05, 4.69) is 16.6 Å². The number of nitrogens with one attached hydrogen (secondary N) is 1. The van der Waals surface area contributed by atoms with Crippen LogP contribution in [0.25, 0.3) is 10.9 Å². The number of amides is 1. The molecule has 3 rings (SSSR count). The summed E-state index contributed by atoms with van der Waals surface area (Å²) in [7, 11) is 0. The lowest BCUT2D eigenvalue weighted by Gasteiger charge is -2.08. The van der Waals surface area contributed by atoms with E-state index in [0.717, 1.165) is 23.0 Å². The van der Waals surface area contributed by atoms with E-state index >= 15 is 0 Å². The number of aromatic nitrogens is 1. The third-order valence-electron chi connectivity index (χ3n) is 4.07. The maximum Gasteiger partial charge on any atom is 0.416 e. The standard InChI is InChI=1S/C20H15F3N4O/c21-20(22,23)16-5-3-4-14(10-16)11-19(28)26-25-12-15-13-27(9-8-24)18-7-2-1-6-17(15)18/h1-7,10,12-13H,9,11H2,(H,26,28)/b25-12+. The number of benzene rings is 2. The summed E-state index contributed by atoms with van der Waals surface area (Å²) in [5.74, 6) is -0.531. The van der Waals surface area contributed by atoms with Gasteiger partial charge in [0.15, 0.2) is 0 Å². The summed E-state index contributed by atoms with van der Waals surface area (Å²) in [5.41, 5.74) is 3.34. The van der Waals surface area contributed by atoms with Crippen molar-refractivity contribution in [1.29, 1.82) is 5.26 Å². The number of carbonyl (C=O) groups excluding carboxylic acids is 1. The number of fused-ring (bicyclic) bond motifs is 1. The fourth-order valence-electron chi connectivity index (χ4n) is 2.84. The zero-order chi connectivity index (χ0) is 20.1. The summed E-state index contributed by atoms with van der Waals surface area (Å²) in [6.07, 6.45) is -1.49. The van der Waals surface area contributed by atoms with Crippen molar-refractivity contribution in [2.75, 3.05) is 0 Å². The van der Waals surface area contributed by atoms with Crippen LogP contribution < -0.4 is 5.43 Å². The Bertz CT molecular complexity index is 1080. The van der Waals surface area contributed by atoms with Crippen LogP contribution >= 0.6 is 0 Å². The van der Waals surface area contributed by atoms with Crippen LogP contribution in [0.2, 0.25) is 0 Å². The van der Waals surface area contributed by atoms with Crippen LogP contribution in [0.5, 0.6) is 0 Å². The Hall–Kier alpha value is -3.60. The molecule has 0 spiro atoms. The molecule has 0 atom stereocenters. The quantitative estimate of drug-likeness (QED) is 0.536. The van der Waals surface area contributed by atoms with Crippen molar-refractivity contribution >= 4 is 23.0 Å². The lowest BCUT2D eigenvalue weighted by Crippen LogP contribution is -2.20. The molecule has 3 aromatic rings. The molecule has 0 saturated carbocycles. The van der Waals surface area contributed by atoms with E-state index < -0.39 is 17.6 Å². The van der Waals surface area contributed by atoms with E-state index in [1.165, 1.54) is 18.3 Å². The zero-order valence-electron chi connectivity index (χ0n) is 14.6. The normalized spacial score (nSPS) is 11.6. The summed E-state index contributed by atoms with van der Waals surface area (Å²) in [6.45, 7) is 0.177. The van der Waals surface area contributed by atoms with Crippen molar-refractivity contribution in [2.45, 2.75) is 19.1 Å². The second-order valence-corrected chi connectivity index (χ2v) is 6.06. The summed E-state index contributed by atoms with van der Waals surface area (Å²) in [5, 5.41) is 13.7. The molecule has 1 amide bonds. The van der Waals surface area contributed by atoms with Crippen molar-refractivity contribution in [3.05, 3.63) is 71.4 Å². The van der Waals surface area contributed by atoms with E-state index in [4.69, 9.17) is 5.26 Å². The number of rotatable bonds is 5. The molecule has 0 aliphatic rings. The Morgan fingerprint density at radius 3 is 2.75 bits per heavy atom. The highest BCUT2D eigenvalue weighted by molar-refractivity contribution is 5.99. The first kappa shape index (κ1) is 19.2. The van der Waals surface area contributed by atoms with Gasteiger partial charge in [-0.1, -0.05) is 36.4 Å². The number of para-hydroxylation sites is 1. The molecule has 5 nitrogen and oxygen atoms in total. The van der Waals surface area contributed by atoms with Gasteiger partial charge in [0.05, 0.1) is 24.3 Å². The van der Waals surface area contributed by atoms with Crippen molar-refractivity contribution in [3.8, 4) is 6.07 Å². The number of nitriles is 1. The van der Waals surface area contributed by atoms with Crippen LogP contribution in [0.15, 0.2) is 59.8 Å². The molecule has 142 valence electrons. The van der Waals surface area contributed by atoms with E-state index in [1.54, 1.807) is 10.8 Å². The van der Waals surface area contributed by atoms with Crippen LogP contribution in [0.1, 0.15) is 16.7 Å². The Morgan fingerprint density at radius 2 is 2.00 bits per heavy atom. The smallest absolute Gasteiger partial charge is 0.333 e. The minimum Gasteiger partial charge on any atom is -0.333 e. The van der Waals surface area contributed by atoms with Crippen molar-refractivity contribution < 1.29 is 18.0 Å². The molecule has 0 fully saturated rings. The molecule has 0 saturated heterocycles. The maximum atomic E-state index is 12.7. The molecule has 0 aliphatic heterocycles. The number of nitrogens with zero attached hydrogens (tertiary/aromatic N) is 3. The average molecular weight is 384 g/mol. The fourth-order valence-corrected chi connectivity index (χ4v) is 2.84. The van der Waals surface area contributed by atoms with E-state index in [0.29, 0.717) is 5.56 Å². The first-order chi connectivity index (χ1) is 13.4. The first-order valence-electron chi connectivity index (χ1n) is 8.31. The average Bonchev–Trinajstić information content (AvgIpc) is 3.00. The Morgan fingerprint density at radius 1 is 1.21 bits per heavy atom. The fraction of sp³-hybridized carbons (Fsp3) is 0.150. The summed E-state index contributed by atoms with van der Waals surface area (Å²) >= 11 is 0. The zero-order valence-corrected chi connectivity index (χ0v) is 14.6. The highest BCUT2D eigenvalue weighted by atomic mass is 19.4. The second-order valence-electron chi connectivity index (χ2n) is 6.06. The highest BCUT2D eigenvalue weighted by Gasteiger charge is 2.30. The molecule has 0 aliphatic carbocycles. The minimum absolute atomic E-state index is 0.177. The van der Waals surface area contributed by atoms with Crippen molar-refractivity contribution in [1.82, 2.24) is 9.99 Å². The maximum absolute atomic E-state index is 12.7. The molecule has 1 N–H and O–H groups in total. The van der Waals surface area contributed by atoms with Crippen LogP contribution in [0.3, 0.4) is 0 Å². The molecule has 1 aromatic heterocycles. The largest absolute Gasteiger partial charge is 0.416 e. The number of halogens is 3. The second kappa shape index (κ2) is 7.96. The van der Waals surface area contributed by atoms with Gasteiger partial charge in [-0.15, -0.1) is 0 Å². The van der Waals surface area contributed by atoms with Gasteiger partial charge >= 0.3 is 6.18 Å². The molecule has 0 radical (unpaired) electrons. The topological polar surface area (TPSA) is 70.2 Å². The van der Waals surface area contributed by atoms with Crippen LogP contribution in [0.4, 0.5) is 13.2 Å². The third-order valence-corrected chi connectivity index (χ3v) is 4.07. The number of hydrogen-bond acceptors (Lipinski definition) is 3. The van der Waals surface area contributed by atoms with Gasteiger partial charge in [-0.05, 0) is 17.7 Å². The Labute approximate surface area is 158 Å². The van der Waals surface area contributed by atoms with Gasteiger partial charge in [-0.3, -0.25) is 4.79 Å². The number of hydrogen-bond donors (Lipinski definition) is 1. The number of alkyl halides is 3. The highest BCUT2D eigenvalue weighted by Crippen LogP contribution is 2.29. The van der Waals surface area contributed by atoms with Gasteiger partial charge < -0.3 is 4.57 Å².